The van der Waals surface area contributed by atoms with Crippen molar-refractivity contribution in [3.63, 3.8) is 0 Å². The van der Waals surface area contributed by atoms with E-state index in [1.807, 2.05) is 27.7 Å². The maximum absolute atomic E-state index is 11.8. The van der Waals surface area contributed by atoms with E-state index in [0.29, 0.717) is 12.5 Å². The molecule has 7 heteroatoms. The largest absolute Gasteiger partial charge is 0.395 e. The van der Waals surface area contributed by atoms with Crippen molar-refractivity contribution in [1.82, 2.24) is 15.0 Å². The van der Waals surface area contributed by atoms with Gasteiger partial charge in [0.25, 0.3) is 11.8 Å². The van der Waals surface area contributed by atoms with Crippen molar-refractivity contribution < 1.29 is 9.59 Å². The molecular weight excluding hydrogens is 264 g/mol. The second kappa shape index (κ2) is 6.51. The molecule has 0 saturated heterocycles. The molecular formula is C12H20N4O2S. The van der Waals surface area contributed by atoms with Crippen LogP contribution in [-0.4, -0.2) is 28.8 Å². The molecule has 4 N–H and O–H groups in total. The Morgan fingerprint density at radius 3 is 2.42 bits per heavy atom. The molecule has 0 aliphatic heterocycles. The standard InChI is InChI=1S/C12H20N4O2S/c1-6(2)5-14-11(17)9-8(13)10(19-16-9)12(18)15-7(3)4/h6-7H,5,13H2,1-4H3,(H,14,17)(H,15,18). The highest BCUT2D eigenvalue weighted by atomic mass is 32.1. The lowest BCUT2D eigenvalue weighted by Crippen LogP contribution is -2.30. The number of nitrogen functional groups attached to an aromatic ring is 1. The molecule has 1 aromatic heterocycles. The van der Waals surface area contributed by atoms with Gasteiger partial charge in [0.1, 0.15) is 4.88 Å². The van der Waals surface area contributed by atoms with Crippen LogP contribution in [0.5, 0.6) is 0 Å². The minimum atomic E-state index is -0.342. The lowest BCUT2D eigenvalue weighted by molar-refractivity contribution is 0.0943. The van der Waals surface area contributed by atoms with Crippen molar-refractivity contribution >= 4 is 29.0 Å². The average molecular weight is 284 g/mol. The van der Waals surface area contributed by atoms with Crippen LogP contribution in [-0.2, 0) is 0 Å². The Kier molecular flexibility index (Phi) is 5.29. The third-order valence-corrected chi connectivity index (χ3v) is 3.10. The molecule has 2 amide bonds. The van der Waals surface area contributed by atoms with Gasteiger partial charge in [-0.05, 0) is 31.3 Å². The van der Waals surface area contributed by atoms with Gasteiger partial charge in [-0.25, -0.2) is 0 Å². The highest BCUT2D eigenvalue weighted by molar-refractivity contribution is 7.09. The summed E-state index contributed by atoms with van der Waals surface area (Å²) in [7, 11) is 0. The number of hydrogen-bond acceptors (Lipinski definition) is 5. The van der Waals surface area contributed by atoms with E-state index in [4.69, 9.17) is 5.73 Å². The molecule has 0 atom stereocenters. The maximum Gasteiger partial charge on any atom is 0.273 e. The molecule has 0 aliphatic carbocycles. The van der Waals surface area contributed by atoms with E-state index in [2.05, 4.69) is 15.0 Å². The van der Waals surface area contributed by atoms with Crippen LogP contribution in [0.4, 0.5) is 5.69 Å². The van der Waals surface area contributed by atoms with Gasteiger partial charge in [0.05, 0.1) is 5.69 Å². The fourth-order valence-electron chi connectivity index (χ4n) is 1.33. The van der Waals surface area contributed by atoms with Gasteiger partial charge in [-0.2, -0.15) is 4.37 Å². The van der Waals surface area contributed by atoms with E-state index in [0.717, 1.165) is 11.5 Å². The molecule has 19 heavy (non-hydrogen) atoms. The Morgan fingerprint density at radius 1 is 1.26 bits per heavy atom. The highest BCUT2D eigenvalue weighted by Gasteiger charge is 2.22. The molecule has 106 valence electrons. The fraction of sp³-hybridized carbons (Fsp3) is 0.583. The summed E-state index contributed by atoms with van der Waals surface area (Å²) in [6.45, 7) is 8.23. The lowest BCUT2D eigenvalue weighted by Gasteiger charge is -2.07. The topological polar surface area (TPSA) is 97.1 Å². The number of anilines is 1. The molecule has 0 unspecified atom stereocenters. The third-order valence-electron chi connectivity index (χ3n) is 2.24. The lowest BCUT2D eigenvalue weighted by atomic mass is 10.2. The molecule has 1 heterocycles. The first-order chi connectivity index (χ1) is 8.82. The zero-order chi connectivity index (χ0) is 14.6. The number of rotatable bonds is 5. The molecule has 0 saturated carbocycles. The quantitative estimate of drug-likeness (QED) is 0.758. The van der Waals surface area contributed by atoms with E-state index in [1.54, 1.807) is 0 Å². The van der Waals surface area contributed by atoms with Crippen LogP contribution in [0, 0.1) is 5.92 Å². The summed E-state index contributed by atoms with van der Waals surface area (Å²) < 4.78 is 3.97. The summed E-state index contributed by atoms with van der Waals surface area (Å²) in [5.41, 5.74) is 6.08. The highest BCUT2D eigenvalue weighted by Crippen LogP contribution is 2.21. The number of nitrogens with two attached hydrogens (primary N) is 1. The van der Waals surface area contributed by atoms with Crippen LogP contribution in [0.3, 0.4) is 0 Å². The van der Waals surface area contributed by atoms with Crippen molar-refractivity contribution in [2.75, 3.05) is 12.3 Å². The van der Waals surface area contributed by atoms with Crippen LogP contribution >= 0.6 is 11.5 Å². The Hall–Kier alpha value is -1.63. The Balaban J connectivity index is 2.80. The van der Waals surface area contributed by atoms with Gasteiger partial charge in [0.15, 0.2) is 5.69 Å². The number of hydrogen-bond donors (Lipinski definition) is 3. The summed E-state index contributed by atoms with van der Waals surface area (Å²) in [6.07, 6.45) is 0. The second-order valence-electron chi connectivity index (χ2n) is 5.01. The first-order valence-corrected chi connectivity index (χ1v) is 6.94. The smallest absolute Gasteiger partial charge is 0.273 e. The number of nitrogens with zero attached hydrogens (tertiary/aromatic N) is 1. The summed E-state index contributed by atoms with van der Waals surface area (Å²) >= 11 is 0.941. The molecule has 1 rings (SSSR count). The monoisotopic (exact) mass is 284 g/mol. The van der Waals surface area contributed by atoms with Gasteiger partial charge in [-0.15, -0.1) is 0 Å². The number of carbonyl (C=O) groups excluding carboxylic acids is 2. The molecule has 1 aromatic rings. The Labute approximate surface area is 116 Å². The van der Waals surface area contributed by atoms with E-state index in [9.17, 15) is 9.59 Å². The van der Waals surface area contributed by atoms with Crippen LogP contribution in [0.15, 0.2) is 0 Å². The minimum absolute atomic E-state index is 0.00668. The predicted octanol–water partition coefficient (Wildman–Crippen LogP) is 1.25. The Bertz CT molecular complexity index is 468. The van der Waals surface area contributed by atoms with Gasteiger partial charge in [0, 0.05) is 12.6 Å². The zero-order valence-corrected chi connectivity index (χ0v) is 12.4. The number of aromatic nitrogens is 1. The molecule has 0 radical (unpaired) electrons. The van der Waals surface area contributed by atoms with Gasteiger partial charge in [-0.3, -0.25) is 9.59 Å². The SMILES string of the molecule is CC(C)CNC(=O)c1nsc(C(=O)NC(C)C)c1N. The zero-order valence-electron chi connectivity index (χ0n) is 11.6. The van der Waals surface area contributed by atoms with Gasteiger partial charge in [0.2, 0.25) is 0 Å². The van der Waals surface area contributed by atoms with E-state index in [1.165, 1.54) is 0 Å². The van der Waals surface area contributed by atoms with Crippen LogP contribution in [0.2, 0.25) is 0 Å². The van der Waals surface area contributed by atoms with Crippen LogP contribution in [0.1, 0.15) is 47.9 Å². The van der Waals surface area contributed by atoms with Crippen molar-refractivity contribution in [3.8, 4) is 0 Å². The number of amides is 2. The van der Waals surface area contributed by atoms with Crippen LogP contribution < -0.4 is 16.4 Å². The molecule has 6 nitrogen and oxygen atoms in total. The van der Waals surface area contributed by atoms with E-state index in [-0.39, 0.29) is 34.1 Å². The summed E-state index contributed by atoms with van der Waals surface area (Å²) in [4.78, 5) is 24.0. The molecule has 0 spiro atoms. The third kappa shape index (κ3) is 4.20. The number of nitrogens with one attached hydrogen (secondary N) is 2. The second-order valence-corrected chi connectivity index (χ2v) is 5.78. The molecule has 0 aliphatic rings. The normalized spacial score (nSPS) is 10.8. The first kappa shape index (κ1) is 15.4. The Morgan fingerprint density at radius 2 is 1.89 bits per heavy atom. The summed E-state index contributed by atoms with van der Waals surface area (Å²) in [5.74, 6) is -0.300. The molecule has 0 bridgehead atoms. The summed E-state index contributed by atoms with van der Waals surface area (Å²) in [6, 6.07) is 0.00668. The average Bonchev–Trinajstić information content (AvgIpc) is 2.67. The van der Waals surface area contributed by atoms with E-state index >= 15 is 0 Å². The van der Waals surface area contributed by atoms with Crippen LogP contribution in [0.25, 0.3) is 0 Å². The van der Waals surface area contributed by atoms with Gasteiger partial charge in [-0.1, -0.05) is 13.8 Å². The molecule has 0 aromatic carbocycles. The van der Waals surface area contributed by atoms with Gasteiger partial charge >= 0.3 is 0 Å². The summed E-state index contributed by atoms with van der Waals surface area (Å²) in [5, 5.41) is 5.45. The molecule has 0 fully saturated rings. The minimum Gasteiger partial charge on any atom is -0.395 e. The van der Waals surface area contributed by atoms with Crippen molar-refractivity contribution in [1.29, 1.82) is 0 Å². The van der Waals surface area contributed by atoms with Crippen molar-refractivity contribution in [2.24, 2.45) is 5.92 Å². The van der Waals surface area contributed by atoms with Crippen molar-refractivity contribution in [2.45, 2.75) is 33.7 Å². The first-order valence-electron chi connectivity index (χ1n) is 6.17. The van der Waals surface area contributed by atoms with Gasteiger partial charge < -0.3 is 16.4 Å². The van der Waals surface area contributed by atoms with E-state index < -0.39 is 0 Å². The van der Waals surface area contributed by atoms with Crippen molar-refractivity contribution in [3.05, 3.63) is 10.6 Å². The predicted molar refractivity (Wildman–Crippen MR) is 76.3 cm³/mol. The number of carbonyl (C=O) groups is 2. The maximum atomic E-state index is 11.8. The fourth-order valence-corrected chi connectivity index (χ4v) is 2.03.